The van der Waals surface area contributed by atoms with Gasteiger partial charge in [0.2, 0.25) is 0 Å². The van der Waals surface area contributed by atoms with Crippen LogP contribution in [-0.2, 0) is 14.3 Å². The molecule has 3 heteroatoms. The van der Waals surface area contributed by atoms with Crippen LogP contribution in [0.4, 0.5) is 0 Å². The Morgan fingerprint density at radius 1 is 1.33 bits per heavy atom. The first-order chi connectivity index (χ1) is 8.41. The zero-order chi connectivity index (χ0) is 13.4. The van der Waals surface area contributed by atoms with Crippen molar-refractivity contribution in [1.29, 1.82) is 0 Å². The smallest absolute Gasteiger partial charge is 0.315 e. The number of Topliss-reactive ketones (excluding diaryl/α,β-unsaturated/α-hetero) is 1. The Bertz CT molecular complexity index is 406. The van der Waals surface area contributed by atoms with Gasteiger partial charge in [0.25, 0.3) is 0 Å². The molecule has 2 aliphatic rings. The highest BCUT2D eigenvalue weighted by molar-refractivity contribution is 5.81. The summed E-state index contributed by atoms with van der Waals surface area (Å²) in [6, 6.07) is 0. The molecule has 2 rings (SSSR count). The molecule has 0 unspecified atom stereocenters. The van der Waals surface area contributed by atoms with Crippen molar-refractivity contribution in [1.82, 2.24) is 0 Å². The van der Waals surface area contributed by atoms with Crippen molar-refractivity contribution in [2.45, 2.75) is 47.0 Å². The summed E-state index contributed by atoms with van der Waals surface area (Å²) >= 11 is 0. The van der Waals surface area contributed by atoms with Crippen molar-refractivity contribution < 1.29 is 14.3 Å². The third-order valence-corrected chi connectivity index (χ3v) is 4.38. The molecule has 0 aromatic rings. The average molecular weight is 250 g/mol. The number of carbonyl (C=O) groups excluding carboxylic acids is 2. The van der Waals surface area contributed by atoms with Crippen LogP contribution in [0.15, 0.2) is 11.3 Å². The van der Waals surface area contributed by atoms with Crippen molar-refractivity contribution in [2.24, 2.45) is 23.7 Å². The van der Waals surface area contributed by atoms with Crippen molar-refractivity contribution in [3.8, 4) is 0 Å². The van der Waals surface area contributed by atoms with Gasteiger partial charge in [0.1, 0.15) is 11.5 Å². The molecule has 0 bridgehead atoms. The molecule has 3 nitrogen and oxygen atoms in total. The van der Waals surface area contributed by atoms with Gasteiger partial charge in [-0.2, -0.15) is 0 Å². The molecule has 1 aliphatic carbocycles. The lowest BCUT2D eigenvalue weighted by Crippen LogP contribution is -2.23. The van der Waals surface area contributed by atoms with Gasteiger partial charge in [-0.15, -0.1) is 0 Å². The van der Waals surface area contributed by atoms with Crippen LogP contribution in [0, 0.1) is 23.7 Å². The number of ether oxygens (including phenoxy) is 1. The average Bonchev–Trinajstić information content (AvgIpc) is 2.81. The van der Waals surface area contributed by atoms with Crippen LogP contribution in [0.5, 0.6) is 0 Å². The Morgan fingerprint density at radius 2 is 2.00 bits per heavy atom. The fraction of sp³-hybridized carbons (Fsp3) is 0.733. The SMILES string of the molecule is CC(=O)[C@H]1CC[C@@H](C)[C@H]1C1=C(C(C)C)CC(=O)O1. The molecular formula is C15H22O3. The van der Waals surface area contributed by atoms with Gasteiger partial charge in [0.15, 0.2) is 0 Å². The number of hydrogen-bond donors (Lipinski definition) is 0. The van der Waals surface area contributed by atoms with Crippen LogP contribution >= 0.6 is 0 Å². The van der Waals surface area contributed by atoms with Gasteiger partial charge in [-0.3, -0.25) is 9.59 Å². The Kier molecular flexibility index (Phi) is 3.60. The zero-order valence-electron chi connectivity index (χ0n) is 11.7. The van der Waals surface area contributed by atoms with E-state index >= 15 is 0 Å². The summed E-state index contributed by atoms with van der Waals surface area (Å²) in [4.78, 5) is 23.3. The van der Waals surface area contributed by atoms with E-state index in [-0.39, 0.29) is 23.6 Å². The van der Waals surface area contributed by atoms with Gasteiger partial charge < -0.3 is 4.74 Å². The normalized spacial score (nSPS) is 32.3. The minimum atomic E-state index is -0.157. The minimum Gasteiger partial charge on any atom is -0.431 e. The predicted molar refractivity (Wildman–Crippen MR) is 68.6 cm³/mol. The maximum atomic E-state index is 11.8. The summed E-state index contributed by atoms with van der Waals surface area (Å²) in [7, 11) is 0. The highest BCUT2D eigenvalue weighted by Gasteiger charge is 2.43. The van der Waals surface area contributed by atoms with Crippen LogP contribution in [0.25, 0.3) is 0 Å². The Balaban J connectivity index is 2.35. The first-order valence-corrected chi connectivity index (χ1v) is 6.85. The van der Waals surface area contributed by atoms with Crippen LogP contribution < -0.4 is 0 Å². The Hall–Kier alpha value is -1.12. The van der Waals surface area contributed by atoms with E-state index in [2.05, 4.69) is 20.8 Å². The van der Waals surface area contributed by atoms with Crippen LogP contribution in [0.3, 0.4) is 0 Å². The molecule has 1 heterocycles. The number of carbonyl (C=O) groups is 2. The second-order valence-corrected chi connectivity index (χ2v) is 5.99. The number of rotatable bonds is 3. The maximum Gasteiger partial charge on any atom is 0.315 e. The summed E-state index contributed by atoms with van der Waals surface area (Å²) in [5, 5.41) is 0. The van der Waals surface area contributed by atoms with Gasteiger partial charge >= 0.3 is 5.97 Å². The zero-order valence-corrected chi connectivity index (χ0v) is 11.7. The summed E-state index contributed by atoms with van der Waals surface area (Å²) in [5.74, 6) is 1.78. The number of cyclic esters (lactones) is 1. The largest absolute Gasteiger partial charge is 0.431 e. The topological polar surface area (TPSA) is 43.4 Å². The van der Waals surface area contributed by atoms with Gasteiger partial charge in [0.05, 0.1) is 6.42 Å². The quantitative estimate of drug-likeness (QED) is 0.723. The molecule has 0 aromatic heterocycles. The molecule has 0 N–H and O–H groups in total. The maximum absolute atomic E-state index is 11.8. The molecule has 0 amide bonds. The molecule has 1 fully saturated rings. The Morgan fingerprint density at radius 3 is 2.56 bits per heavy atom. The lowest BCUT2D eigenvalue weighted by Gasteiger charge is -2.23. The highest BCUT2D eigenvalue weighted by Crippen LogP contribution is 2.46. The third kappa shape index (κ3) is 2.23. The van der Waals surface area contributed by atoms with Gasteiger partial charge in [0, 0.05) is 11.8 Å². The van der Waals surface area contributed by atoms with Gasteiger partial charge in [-0.25, -0.2) is 0 Å². The number of ketones is 1. The molecule has 1 saturated carbocycles. The van der Waals surface area contributed by atoms with Crippen LogP contribution in [0.1, 0.15) is 47.0 Å². The molecule has 0 radical (unpaired) electrons. The van der Waals surface area contributed by atoms with Crippen LogP contribution in [-0.4, -0.2) is 11.8 Å². The van der Waals surface area contributed by atoms with Crippen molar-refractivity contribution in [3.05, 3.63) is 11.3 Å². The van der Waals surface area contributed by atoms with E-state index in [0.717, 1.165) is 24.2 Å². The second kappa shape index (κ2) is 4.87. The molecule has 3 atom stereocenters. The first kappa shape index (κ1) is 13.3. The standard InChI is InChI=1S/C15H22O3/c1-8(2)12-7-13(17)18-15(12)14-9(3)5-6-11(14)10(4)16/h8-9,11,14H,5-7H2,1-4H3/t9-,11-,14-/m1/s1. The van der Waals surface area contributed by atoms with E-state index < -0.39 is 0 Å². The number of esters is 1. The summed E-state index contributed by atoms with van der Waals surface area (Å²) in [6.45, 7) is 7.98. The van der Waals surface area contributed by atoms with Crippen molar-refractivity contribution >= 4 is 11.8 Å². The lowest BCUT2D eigenvalue weighted by atomic mass is 9.83. The number of allylic oxidation sites excluding steroid dienone is 1. The monoisotopic (exact) mass is 250 g/mol. The molecule has 0 saturated heterocycles. The summed E-state index contributed by atoms with van der Waals surface area (Å²) in [6.07, 6.45) is 2.37. The van der Waals surface area contributed by atoms with Crippen molar-refractivity contribution in [2.75, 3.05) is 0 Å². The van der Waals surface area contributed by atoms with Crippen molar-refractivity contribution in [3.63, 3.8) is 0 Å². The van der Waals surface area contributed by atoms with Gasteiger partial charge in [-0.05, 0) is 37.2 Å². The Labute approximate surface area is 109 Å². The summed E-state index contributed by atoms with van der Waals surface area (Å²) in [5.41, 5.74) is 1.10. The van der Waals surface area contributed by atoms with E-state index in [1.54, 1.807) is 6.92 Å². The third-order valence-electron chi connectivity index (χ3n) is 4.38. The minimum absolute atomic E-state index is 0.0367. The molecule has 1 aliphatic heterocycles. The molecule has 18 heavy (non-hydrogen) atoms. The van der Waals surface area contributed by atoms with E-state index in [1.165, 1.54) is 0 Å². The molecule has 0 spiro atoms. The summed E-state index contributed by atoms with van der Waals surface area (Å²) < 4.78 is 5.46. The molecule has 100 valence electrons. The fourth-order valence-electron chi connectivity index (χ4n) is 3.33. The highest BCUT2D eigenvalue weighted by atomic mass is 16.5. The second-order valence-electron chi connectivity index (χ2n) is 5.99. The van der Waals surface area contributed by atoms with E-state index in [0.29, 0.717) is 18.3 Å². The fourth-order valence-corrected chi connectivity index (χ4v) is 3.33. The predicted octanol–water partition coefficient (Wildman–Crippen LogP) is 3.09. The van der Waals surface area contributed by atoms with Crippen LogP contribution in [0.2, 0.25) is 0 Å². The lowest BCUT2D eigenvalue weighted by molar-refractivity contribution is -0.138. The molecule has 0 aromatic carbocycles. The number of hydrogen-bond acceptors (Lipinski definition) is 3. The van der Waals surface area contributed by atoms with E-state index in [4.69, 9.17) is 4.74 Å². The molecular weight excluding hydrogens is 228 g/mol. The van der Waals surface area contributed by atoms with Gasteiger partial charge in [-0.1, -0.05) is 20.8 Å². The van der Waals surface area contributed by atoms with E-state index in [1.807, 2.05) is 0 Å². The first-order valence-electron chi connectivity index (χ1n) is 6.85. The van der Waals surface area contributed by atoms with E-state index in [9.17, 15) is 9.59 Å².